The number of carbonyl (C=O) groups is 4. The summed E-state index contributed by atoms with van der Waals surface area (Å²) in [6.45, 7) is 3.82. The van der Waals surface area contributed by atoms with Crippen molar-refractivity contribution in [1.82, 2.24) is 20.7 Å². The van der Waals surface area contributed by atoms with Gasteiger partial charge in [0.2, 0.25) is 0 Å². The molecule has 2 aromatic carbocycles. The van der Waals surface area contributed by atoms with Gasteiger partial charge in [-0.15, -0.1) is 0 Å². The van der Waals surface area contributed by atoms with Crippen LogP contribution in [-0.4, -0.2) is 71.4 Å². The number of carboxylic acids is 1. The number of hydrogen-bond donors (Lipinski definition) is 3. The summed E-state index contributed by atoms with van der Waals surface area (Å²) in [5, 5.41) is 15.7. The number of rotatable bonds is 10. The zero-order valence-electron chi connectivity index (χ0n) is 19.3. The van der Waals surface area contributed by atoms with Crippen LogP contribution in [0.5, 0.6) is 0 Å². The maximum atomic E-state index is 12.9. The average Bonchev–Trinajstić information content (AvgIpc) is 3.01. The second-order valence-corrected chi connectivity index (χ2v) is 8.66. The van der Waals surface area contributed by atoms with E-state index in [1.54, 1.807) is 26.2 Å². The molecule has 2 aromatic rings. The Bertz CT molecular complexity index is 1030. The van der Waals surface area contributed by atoms with Crippen LogP contribution in [0.15, 0.2) is 36.4 Å². The smallest absolute Gasteiger partial charge is 0.320 e. The summed E-state index contributed by atoms with van der Waals surface area (Å²) in [6, 6.07) is 9.02. The van der Waals surface area contributed by atoms with Crippen molar-refractivity contribution in [2.24, 2.45) is 5.92 Å². The number of aliphatic carboxylic acids is 1. The molecule has 33 heavy (non-hydrogen) atoms. The molecule has 2 unspecified atom stereocenters. The zero-order chi connectivity index (χ0) is 24.3. The number of likely N-dealkylation sites (N-methyl/N-ethyl adjacent to an activating group) is 1. The Balaban J connectivity index is 1.75. The number of nitrogens with zero attached hydrogens (tertiary/aromatic N) is 2. The van der Waals surface area contributed by atoms with Gasteiger partial charge in [0.1, 0.15) is 6.04 Å². The van der Waals surface area contributed by atoms with Gasteiger partial charge in [0.05, 0.1) is 17.2 Å². The Labute approximate surface area is 192 Å². The van der Waals surface area contributed by atoms with Gasteiger partial charge in [-0.25, -0.2) is 5.43 Å². The molecule has 2 atom stereocenters. The Morgan fingerprint density at radius 2 is 1.58 bits per heavy atom. The molecule has 176 valence electrons. The van der Waals surface area contributed by atoms with Gasteiger partial charge in [-0.05, 0) is 41.7 Å². The highest BCUT2D eigenvalue weighted by Crippen LogP contribution is 2.28. The van der Waals surface area contributed by atoms with Crippen molar-refractivity contribution < 1.29 is 24.3 Å². The van der Waals surface area contributed by atoms with Gasteiger partial charge < -0.3 is 5.11 Å². The van der Waals surface area contributed by atoms with E-state index in [4.69, 9.17) is 0 Å². The molecule has 3 N–H and O–H groups in total. The molecule has 0 saturated heterocycles. The molecular weight excluding hydrogens is 424 g/mol. The highest BCUT2D eigenvalue weighted by molar-refractivity contribution is 6.23. The van der Waals surface area contributed by atoms with Crippen LogP contribution in [0.3, 0.4) is 0 Å². The lowest BCUT2D eigenvalue weighted by Crippen LogP contribution is -2.54. The topological polar surface area (TPSA) is 119 Å². The Hall–Kier alpha value is -3.30. The molecule has 0 bridgehead atoms. The van der Waals surface area contributed by atoms with Gasteiger partial charge in [0.15, 0.2) is 0 Å². The largest absolute Gasteiger partial charge is 0.480 e. The number of carbonyl (C=O) groups excluding carboxylic acids is 3. The van der Waals surface area contributed by atoms with Crippen molar-refractivity contribution in [2.45, 2.75) is 38.8 Å². The lowest BCUT2D eigenvalue weighted by atomic mass is 10.0. The normalized spacial score (nSPS) is 15.1. The van der Waals surface area contributed by atoms with Crippen molar-refractivity contribution >= 4 is 34.5 Å². The lowest BCUT2D eigenvalue weighted by Gasteiger charge is -2.28. The third-order valence-corrected chi connectivity index (χ3v) is 5.85. The summed E-state index contributed by atoms with van der Waals surface area (Å²) < 4.78 is 0. The van der Waals surface area contributed by atoms with E-state index in [0.717, 1.165) is 15.7 Å². The predicted molar refractivity (Wildman–Crippen MR) is 124 cm³/mol. The van der Waals surface area contributed by atoms with Crippen LogP contribution in [-0.2, 0) is 9.59 Å². The minimum atomic E-state index is -1.15. The van der Waals surface area contributed by atoms with Crippen molar-refractivity contribution in [3.05, 3.63) is 47.5 Å². The zero-order valence-corrected chi connectivity index (χ0v) is 19.3. The molecule has 1 aliphatic heterocycles. The molecule has 3 amide bonds. The van der Waals surface area contributed by atoms with Gasteiger partial charge in [0, 0.05) is 20.6 Å². The number of imide groups is 1. The summed E-state index contributed by atoms with van der Waals surface area (Å²) in [7, 11) is 3.17. The number of benzene rings is 2. The van der Waals surface area contributed by atoms with E-state index in [2.05, 4.69) is 10.7 Å². The van der Waals surface area contributed by atoms with E-state index in [9.17, 15) is 24.3 Å². The number of hydrogen-bond acceptors (Lipinski definition) is 6. The van der Waals surface area contributed by atoms with Crippen molar-refractivity contribution in [2.75, 3.05) is 20.6 Å². The predicted octanol–water partition coefficient (Wildman–Crippen LogP) is 1.88. The Kier molecular flexibility index (Phi) is 7.45. The molecule has 0 radical (unpaired) electrons. The molecule has 0 aromatic heterocycles. The maximum absolute atomic E-state index is 12.9. The van der Waals surface area contributed by atoms with Crippen LogP contribution in [0, 0.1) is 5.92 Å². The minimum Gasteiger partial charge on any atom is -0.480 e. The number of fused-ring (bicyclic) bond motifs is 2. The summed E-state index contributed by atoms with van der Waals surface area (Å²) in [6.07, 6.45) is 0.416. The first kappa shape index (κ1) is 24.3. The molecule has 1 heterocycles. The molecule has 0 saturated carbocycles. The van der Waals surface area contributed by atoms with Gasteiger partial charge in [0.25, 0.3) is 17.7 Å². The van der Waals surface area contributed by atoms with E-state index in [1.807, 2.05) is 38.1 Å². The second kappa shape index (κ2) is 10.1. The van der Waals surface area contributed by atoms with Crippen LogP contribution in [0.2, 0.25) is 0 Å². The summed E-state index contributed by atoms with van der Waals surface area (Å²) in [4.78, 5) is 51.5. The molecule has 0 fully saturated rings. The Morgan fingerprint density at radius 3 is 2.03 bits per heavy atom. The molecule has 9 nitrogen and oxygen atoms in total. The van der Waals surface area contributed by atoms with E-state index in [0.29, 0.717) is 17.5 Å². The van der Waals surface area contributed by atoms with Crippen LogP contribution in [0.25, 0.3) is 10.8 Å². The number of nitrogens with one attached hydrogen (secondary N) is 2. The van der Waals surface area contributed by atoms with Gasteiger partial charge in [-0.2, -0.15) is 0 Å². The van der Waals surface area contributed by atoms with Crippen molar-refractivity contribution in [1.29, 1.82) is 0 Å². The Morgan fingerprint density at radius 1 is 1.03 bits per heavy atom. The standard InChI is InChI=1S/C24H30N4O5/c1-14(2)11-20(23(31)27(4)25-3)26-19(24(32)33)9-10-28-21(29)17-12-15-7-5-6-8-16(15)13-18(17)22(28)30/h5-8,12-14,19-20,25-26H,9-11H2,1-4H3,(H,32,33). The van der Waals surface area contributed by atoms with Crippen LogP contribution >= 0.6 is 0 Å². The first-order valence-electron chi connectivity index (χ1n) is 11.0. The fourth-order valence-corrected chi connectivity index (χ4v) is 4.01. The summed E-state index contributed by atoms with van der Waals surface area (Å²) >= 11 is 0. The number of carboxylic acid groups (broad SMARTS) is 1. The fourth-order valence-electron chi connectivity index (χ4n) is 4.01. The maximum Gasteiger partial charge on any atom is 0.320 e. The molecular formula is C24H30N4O5. The quantitative estimate of drug-likeness (QED) is 0.370. The number of amides is 3. The van der Waals surface area contributed by atoms with E-state index in [-0.39, 0.29) is 24.8 Å². The lowest BCUT2D eigenvalue weighted by molar-refractivity contribution is -0.141. The van der Waals surface area contributed by atoms with Crippen LogP contribution in [0.4, 0.5) is 0 Å². The van der Waals surface area contributed by atoms with Crippen molar-refractivity contribution in [3.8, 4) is 0 Å². The van der Waals surface area contributed by atoms with Crippen LogP contribution in [0.1, 0.15) is 47.4 Å². The summed E-state index contributed by atoms with van der Waals surface area (Å²) in [5.74, 6) is -2.16. The third kappa shape index (κ3) is 5.20. The minimum absolute atomic E-state index is 0.0224. The third-order valence-electron chi connectivity index (χ3n) is 5.85. The fraction of sp³-hybridized carbons (Fsp3) is 0.417. The van der Waals surface area contributed by atoms with E-state index < -0.39 is 29.9 Å². The van der Waals surface area contributed by atoms with E-state index in [1.165, 1.54) is 5.01 Å². The van der Waals surface area contributed by atoms with Gasteiger partial charge in [-0.1, -0.05) is 38.1 Å². The highest BCUT2D eigenvalue weighted by atomic mass is 16.4. The monoisotopic (exact) mass is 454 g/mol. The first-order valence-corrected chi connectivity index (χ1v) is 11.0. The summed E-state index contributed by atoms with van der Waals surface area (Å²) in [5.41, 5.74) is 3.37. The SMILES string of the molecule is CNN(C)C(=O)C(CC(C)C)NC(CCN1C(=O)c2cc3ccccc3cc2C1=O)C(=O)O. The number of hydrazine groups is 1. The second-order valence-electron chi connectivity index (χ2n) is 8.66. The van der Waals surface area contributed by atoms with Gasteiger partial charge >= 0.3 is 5.97 Å². The van der Waals surface area contributed by atoms with Crippen molar-refractivity contribution in [3.63, 3.8) is 0 Å². The molecule has 1 aliphatic rings. The van der Waals surface area contributed by atoms with Gasteiger partial charge in [-0.3, -0.25) is 34.4 Å². The molecule has 9 heteroatoms. The van der Waals surface area contributed by atoms with Crippen LogP contribution < -0.4 is 10.7 Å². The molecule has 0 spiro atoms. The van der Waals surface area contributed by atoms with E-state index >= 15 is 0 Å². The molecule has 0 aliphatic carbocycles. The average molecular weight is 455 g/mol. The highest BCUT2D eigenvalue weighted by Gasteiger charge is 2.37. The first-order chi connectivity index (χ1) is 15.6. The molecule has 3 rings (SSSR count).